The van der Waals surface area contributed by atoms with Gasteiger partial charge in [0.1, 0.15) is 0 Å². The van der Waals surface area contributed by atoms with Crippen molar-refractivity contribution >= 4 is 61.9 Å². The van der Waals surface area contributed by atoms with Gasteiger partial charge in [-0.05, 0) is 48.9 Å². The molecule has 27 heavy (non-hydrogen) atoms. The molecule has 0 aliphatic carbocycles. The van der Waals surface area contributed by atoms with Gasteiger partial charge >= 0.3 is 0 Å². The number of hydrogen-bond acceptors (Lipinski definition) is 4. The number of fused-ring (bicyclic) bond motifs is 1. The molecule has 0 radical (unpaired) electrons. The monoisotopic (exact) mass is 467 g/mol. The first-order valence-corrected chi connectivity index (χ1v) is 10.5. The second-order valence-corrected chi connectivity index (χ2v) is 8.26. The third kappa shape index (κ3) is 5.04. The van der Waals surface area contributed by atoms with Crippen LogP contribution < -0.4 is 5.32 Å². The molecule has 5 nitrogen and oxygen atoms in total. The highest BCUT2D eigenvalue weighted by Gasteiger charge is 2.14. The topological polar surface area (TPSA) is 56.1 Å². The van der Waals surface area contributed by atoms with E-state index in [9.17, 15) is 4.79 Å². The lowest BCUT2D eigenvalue weighted by atomic mass is 10.2. The Morgan fingerprint density at radius 1 is 1.33 bits per heavy atom. The van der Waals surface area contributed by atoms with Crippen molar-refractivity contribution in [3.8, 4) is 0 Å². The Hall–Kier alpha value is -1.54. The number of nitrogens with zero attached hydrogens (tertiary/aromatic N) is 2. The fraction of sp³-hybridized carbons (Fsp3) is 0.263. The van der Waals surface area contributed by atoms with Gasteiger partial charge in [0.25, 0.3) is 0 Å². The van der Waals surface area contributed by atoms with Crippen molar-refractivity contribution in [2.75, 3.05) is 24.8 Å². The maximum Gasteiger partial charge on any atom is 0.234 e. The smallest absolute Gasteiger partial charge is 0.234 e. The molecule has 1 aromatic heterocycles. The quantitative estimate of drug-likeness (QED) is 0.488. The molecule has 1 N–H and O–H groups in total. The Kier molecular flexibility index (Phi) is 6.81. The molecule has 8 heteroatoms. The molecule has 0 saturated heterocycles. The average Bonchev–Trinajstić information content (AvgIpc) is 2.97. The van der Waals surface area contributed by atoms with E-state index in [2.05, 4.69) is 30.8 Å². The summed E-state index contributed by atoms with van der Waals surface area (Å²) in [6, 6.07) is 11.4. The molecule has 0 saturated carbocycles. The van der Waals surface area contributed by atoms with Crippen LogP contribution >= 0.6 is 39.3 Å². The highest BCUT2D eigenvalue weighted by molar-refractivity contribution is 9.10. The van der Waals surface area contributed by atoms with Crippen molar-refractivity contribution < 1.29 is 9.53 Å². The standard InChI is InChI=1S/C19H19BrClN3O2S/c1-12-9-13(20)3-5-15(12)22-18(25)11-27-19-23-16-10-14(21)4-6-17(16)24(19)7-8-26-2/h3-6,9-10H,7-8,11H2,1-2H3,(H,22,25). The molecule has 3 rings (SSSR count). The number of hydrogen-bond donors (Lipinski definition) is 1. The number of benzene rings is 2. The zero-order chi connectivity index (χ0) is 19.4. The first-order valence-electron chi connectivity index (χ1n) is 8.31. The Morgan fingerprint density at radius 3 is 2.89 bits per heavy atom. The van der Waals surface area contributed by atoms with Crippen LogP contribution in [-0.4, -0.2) is 34.9 Å². The van der Waals surface area contributed by atoms with E-state index in [1.165, 1.54) is 11.8 Å². The number of thioether (sulfide) groups is 1. The maximum absolute atomic E-state index is 12.4. The molecule has 0 aliphatic rings. The van der Waals surface area contributed by atoms with Crippen LogP contribution in [-0.2, 0) is 16.1 Å². The highest BCUT2D eigenvalue weighted by atomic mass is 79.9. The van der Waals surface area contributed by atoms with Gasteiger partial charge in [-0.15, -0.1) is 0 Å². The highest BCUT2D eigenvalue weighted by Crippen LogP contribution is 2.27. The summed E-state index contributed by atoms with van der Waals surface area (Å²) in [6.45, 7) is 3.18. The third-order valence-electron chi connectivity index (χ3n) is 3.99. The van der Waals surface area contributed by atoms with Gasteiger partial charge in [-0.2, -0.15) is 0 Å². The van der Waals surface area contributed by atoms with E-state index in [1.54, 1.807) is 7.11 Å². The van der Waals surface area contributed by atoms with Crippen LogP contribution in [0.3, 0.4) is 0 Å². The number of rotatable bonds is 7. The fourth-order valence-corrected chi connectivity index (χ4v) is 4.16. The molecule has 1 heterocycles. The van der Waals surface area contributed by atoms with Gasteiger partial charge in [-0.3, -0.25) is 4.79 Å². The van der Waals surface area contributed by atoms with Gasteiger partial charge in [0.2, 0.25) is 5.91 Å². The van der Waals surface area contributed by atoms with Gasteiger partial charge in [0.05, 0.1) is 23.4 Å². The lowest BCUT2D eigenvalue weighted by molar-refractivity contribution is -0.113. The van der Waals surface area contributed by atoms with Crippen molar-refractivity contribution in [1.29, 1.82) is 0 Å². The number of amides is 1. The van der Waals surface area contributed by atoms with Crippen LogP contribution in [0.4, 0.5) is 5.69 Å². The summed E-state index contributed by atoms with van der Waals surface area (Å²) >= 11 is 10.9. The number of halogens is 2. The van der Waals surface area contributed by atoms with Crippen molar-refractivity contribution in [2.24, 2.45) is 0 Å². The van der Waals surface area contributed by atoms with Crippen LogP contribution in [0.25, 0.3) is 11.0 Å². The predicted molar refractivity (Wildman–Crippen MR) is 115 cm³/mol. The van der Waals surface area contributed by atoms with Crippen LogP contribution in [0.15, 0.2) is 46.0 Å². The summed E-state index contributed by atoms with van der Waals surface area (Å²) in [6.07, 6.45) is 0. The van der Waals surface area contributed by atoms with Gasteiger partial charge in [-0.25, -0.2) is 4.98 Å². The Balaban J connectivity index is 1.74. The van der Waals surface area contributed by atoms with E-state index < -0.39 is 0 Å². The molecule has 0 bridgehead atoms. The average molecular weight is 469 g/mol. The molecule has 0 spiro atoms. The minimum Gasteiger partial charge on any atom is -0.383 e. The van der Waals surface area contributed by atoms with Crippen LogP contribution in [0.1, 0.15) is 5.56 Å². The first-order chi connectivity index (χ1) is 13.0. The normalized spacial score (nSPS) is 11.1. The zero-order valence-corrected chi connectivity index (χ0v) is 18.1. The number of aromatic nitrogens is 2. The lowest BCUT2D eigenvalue weighted by Gasteiger charge is -2.10. The summed E-state index contributed by atoms with van der Waals surface area (Å²) in [4.78, 5) is 17.0. The number of carbonyl (C=O) groups excluding carboxylic acids is 1. The van der Waals surface area contributed by atoms with E-state index in [0.29, 0.717) is 18.2 Å². The molecule has 0 fully saturated rings. The zero-order valence-electron chi connectivity index (χ0n) is 15.0. The lowest BCUT2D eigenvalue weighted by Crippen LogP contribution is -2.15. The number of anilines is 1. The summed E-state index contributed by atoms with van der Waals surface area (Å²) in [5.74, 6) is 0.188. The Bertz CT molecular complexity index is 977. The molecular formula is C19H19BrClN3O2S. The molecule has 0 unspecified atom stereocenters. The van der Waals surface area contributed by atoms with E-state index in [0.717, 1.165) is 31.9 Å². The fourth-order valence-electron chi connectivity index (χ4n) is 2.67. The number of methoxy groups -OCH3 is 1. The van der Waals surface area contributed by atoms with E-state index in [4.69, 9.17) is 16.3 Å². The van der Waals surface area contributed by atoms with Crippen molar-refractivity contribution in [2.45, 2.75) is 18.6 Å². The van der Waals surface area contributed by atoms with Crippen molar-refractivity contribution in [1.82, 2.24) is 9.55 Å². The maximum atomic E-state index is 12.4. The summed E-state index contributed by atoms with van der Waals surface area (Å²) in [7, 11) is 1.66. The van der Waals surface area contributed by atoms with Gasteiger partial charge < -0.3 is 14.6 Å². The minimum absolute atomic E-state index is 0.0752. The summed E-state index contributed by atoms with van der Waals surface area (Å²) in [5.41, 5.74) is 3.60. The van der Waals surface area contributed by atoms with Gasteiger partial charge in [0, 0.05) is 28.8 Å². The Morgan fingerprint density at radius 2 is 2.15 bits per heavy atom. The summed E-state index contributed by atoms with van der Waals surface area (Å²) in [5, 5.41) is 4.36. The van der Waals surface area contributed by atoms with Crippen LogP contribution in [0.5, 0.6) is 0 Å². The number of carbonyl (C=O) groups is 1. The van der Waals surface area contributed by atoms with Gasteiger partial charge in [0.15, 0.2) is 5.16 Å². The molecule has 0 aliphatic heterocycles. The molecule has 2 aromatic carbocycles. The van der Waals surface area contributed by atoms with Gasteiger partial charge in [-0.1, -0.05) is 39.3 Å². The van der Waals surface area contributed by atoms with Crippen LogP contribution in [0, 0.1) is 6.92 Å². The molecule has 3 aromatic rings. The van der Waals surface area contributed by atoms with E-state index in [1.807, 2.05) is 43.3 Å². The summed E-state index contributed by atoms with van der Waals surface area (Å²) < 4.78 is 8.24. The molecule has 0 atom stereocenters. The molecular weight excluding hydrogens is 450 g/mol. The Labute approximate surface area is 175 Å². The minimum atomic E-state index is -0.0752. The number of nitrogens with one attached hydrogen (secondary N) is 1. The molecule has 142 valence electrons. The number of imidazole rings is 1. The molecule has 1 amide bonds. The first kappa shape index (κ1) is 20.2. The number of ether oxygens (including phenoxy) is 1. The predicted octanol–water partition coefficient (Wildman–Crippen LogP) is 5.14. The largest absolute Gasteiger partial charge is 0.383 e. The second-order valence-electron chi connectivity index (χ2n) is 5.97. The SMILES string of the molecule is COCCn1c(SCC(=O)Nc2ccc(Br)cc2C)nc2cc(Cl)ccc21. The van der Waals surface area contributed by atoms with Crippen molar-refractivity contribution in [3.63, 3.8) is 0 Å². The second kappa shape index (κ2) is 9.10. The third-order valence-corrected chi connectivity index (χ3v) is 5.69. The van der Waals surface area contributed by atoms with E-state index in [-0.39, 0.29) is 11.7 Å². The van der Waals surface area contributed by atoms with Crippen molar-refractivity contribution in [3.05, 3.63) is 51.5 Å². The van der Waals surface area contributed by atoms with Crippen LogP contribution in [0.2, 0.25) is 5.02 Å². The number of aryl methyl sites for hydroxylation is 1. The van der Waals surface area contributed by atoms with E-state index >= 15 is 0 Å².